The average molecular weight is 376 g/mol. The molecule has 4 rings (SSSR count). The Morgan fingerprint density at radius 2 is 2.15 bits per heavy atom. The van der Waals surface area contributed by atoms with Crippen LogP contribution < -0.4 is 4.74 Å². The average Bonchev–Trinajstić information content (AvgIpc) is 3.29. The zero-order valence-electron chi connectivity index (χ0n) is 15.2. The molecule has 1 atom stereocenters. The van der Waals surface area contributed by atoms with Crippen molar-refractivity contribution < 1.29 is 19.4 Å². The number of β-amino-alcohol motifs (C(OH)–C–C–N with tert-alkyl or cyclic N) is 1. The van der Waals surface area contributed by atoms with Gasteiger partial charge >= 0.3 is 0 Å². The molecule has 0 bridgehead atoms. The van der Waals surface area contributed by atoms with E-state index in [9.17, 15) is 9.90 Å². The van der Waals surface area contributed by atoms with Crippen molar-refractivity contribution >= 4 is 11.6 Å². The summed E-state index contributed by atoms with van der Waals surface area (Å²) in [5.41, 5.74) is -0.457. The van der Waals surface area contributed by atoms with Gasteiger partial charge in [-0.25, -0.2) is 0 Å². The van der Waals surface area contributed by atoms with Gasteiger partial charge in [0.15, 0.2) is 12.3 Å². The summed E-state index contributed by atoms with van der Waals surface area (Å²) in [6, 6.07) is 3.36. The lowest BCUT2D eigenvalue weighted by atomic mass is 10.0. The van der Waals surface area contributed by atoms with Crippen LogP contribution in [0, 0.1) is 0 Å². The monoisotopic (exact) mass is 376 g/mol. The summed E-state index contributed by atoms with van der Waals surface area (Å²) in [7, 11) is 0. The highest BCUT2D eigenvalue weighted by atomic mass is 16.5. The molecule has 4 heterocycles. The summed E-state index contributed by atoms with van der Waals surface area (Å²) in [6.45, 7) is 3.64. The van der Waals surface area contributed by atoms with Gasteiger partial charge in [0.2, 0.25) is 5.88 Å². The van der Waals surface area contributed by atoms with E-state index >= 15 is 0 Å². The molecule has 2 aliphatic rings. The van der Waals surface area contributed by atoms with Crippen molar-refractivity contribution in [1.29, 1.82) is 0 Å². The van der Waals surface area contributed by atoms with Gasteiger partial charge in [-0.05, 0) is 32.0 Å². The highest BCUT2D eigenvalue weighted by Crippen LogP contribution is 2.18. The first-order chi connectivity index (χ1) is 13.1. The predicted octanol–water partition coefficient (Wildman–Crippen LogP) is -0.811. The van der Waals surface area contributed by atoms with Crippen molar-refractivity contribution in [2.75, 3.05) is 52.5 Å². The van der Waals surface area contributed by atoms with Crippen molar-refractivity contribution in [3.05, 3.63) is 18.5 Å². The van der Waals surface area contributed by atoms with Gasteiger partial charge in [-0.15, -0.1) is 15.3 Å². The number of nitrogens with zero attached hydrogens (tertiary/aromatic N) is 6. The first-order valence-electron chi connectivity index (χ1n) is 9.21. The van der Waals surface area contributed by atoms with E-state index in [-0.39, 0.29) is 25.7 Å². The van der Waals surface area contributed by atoms with Crippen LogP contribution in [-0.2, 0) is 9.53 Å². The fourth-order valence-electron chi connectivity index (χ4n) is 3.60. The lowest BCUT2D eigenvalue weighted by Crippen LogP contribution is -2.53. The summed E-state index contributed by atoms with van der Waals surface area (Å²) in [5, 5.41) is 22.8. The Morgan fingerprint density at radius 1 is 1.30 bits per heavy atom. The standard InChI is InChI=1S/C17H24N6O4/c24-16(9-27-15-4-3-14-19-18-13-23(14)20-15)22-7-8-26-12-17(25,11-22)10-21-5-1-2-6-21/h3-4,13,25H,1-2,5-12H2/t17-/m0/s1. The fraction of sp³-hybridized carbons (Fsp3) is 0.647. The second-order valence-corrected chi connectivity index (χ2v) is 7.17. The molecule has 1 N–H and O–H groups in total. The van der Waals surface area contributed by atoms with E-state index in [1.807, 2.05) is 0 Å². The number of fused-ring (bicyclic) bond motifs is 1. The molecule has 10 nitrogen and oxygen atoms in total. The Balaban J connectivity index is 1.36. The SMILES string of the molecule is O=C(COc1ccc2nncn2n1)N1CCOC[C@](O)(CN2CCCC2)C1. The number of amides is 1. The molecule has 146 valence electrons. The fourth-order valence-corrected chi connectivity index (χ4v) is 3.60. The first kappa shape index (κ1) is 18.1. The van der Waals surface area contributed by atoms with Gasteiger partial charge in [0, 0.05) is 19.2 Å². The summed E-state index contributed by atoms with van der Waals surface area (Å²) in [6.07, 6.45) is 3.77. The second-order valence-electron chi connectivity index (χ2n) is 7.17. The predicted molar refractivity (Wildman–Crippen MR) is 94.3 cm³/mol. The number of carbonyl (C=O) groups excluding carboxylic acids is 1. The Morgan fingerprint density at radius 3 is 3.00 bits per heavy atom. The molecule has 0 aliphatic carbocycles. The number of rotatable bonds is 5. The van der Waals surface area contributed by atoms with Crippen LogP contribution in [0.5, 0.6) is 5.88 Å². The molecule has 0 spiro atoms. The maximum absolute atomic E-state index is 12.6. The van der Waals surface area contributed by atoms with Crippen LogP contribution in [-0.4, -0.2) is 98.8 Å². The van der Waals surface area contributed by atoms with Crippen LogP contribution in [0.3, 0.4) is 0 Å². The van der Waals surface area contributed by atoms with Crippen LogP contribution >= 0.6 is 0 Å². The number of hydrogen-bond donors (Lipinski definition) is 1. The van der Waals surface area contributed by atoms with Crippen molar-refractivity contribution in [3.8, 4) is 5.88 Å². The molecule has 10 heteroatoms. The third-order valence-electron chi connectivity index (χ3n) is 4.91. The Kier molecular flexibility index (Phi) is 5.19. The smallest absolute Gasteiger partial charge is 0.260 e. The van der Waals surface area contributed by atoms with Crippen LogP contribution in [0.25, 0.3) is 5.65 Å². The highest BCUT2D eigenvalue weighted by molar-refractivity contribution is 5.77. The number of hydrogen-bond acceptors (Lipinski definition) is 8. The molecule has 2 aliphatic heterocycles. The number of aliphatic hydroxyl groups is 1. The maximum Gasteiger partial charge on any atom is 0.260 e. The van der Waals surface area contributed by atoms with Crippen molar-refractivity contribution in [1.82, 2.24) is 29.6 Å². The first-order valence-corrected chi connectivity index (χ1v) is 9.21. The summed E-state index contributed by atoms with van der Waals surface area (Å²) in [4.78, 5) is 16.5. The molecule has 27 heavy (non-hydrogen) atoms. The topological polar surface area (TPSA) is 105 Å². The normalized spacial score (nSPS) is 24.3. The minimum Gasteiger partial charge on any atom is -0.467 e. The van der Waals surface area contributed by atoms with Crippen LogP contribution in [0.2, 0.25) is 0 Å². The van der Waals surface area contributed by atoms with E-state index < -0.39 is 5.60 Å². The molecular formula is C17H24N6O4. The third kappa shape index (κ3) is 4.34. The Hall–Kier alpha value is -2.30. The van der Waals surface area contributed by atoms with Gasteiger partial charge in [-0.3, -0.25) is 4.79 Å². The van der Waals surface area contributed by atoms with Crippen molar-refractivity contribution in [2.45, 2.75) is 18.4 Å². The van der Waals surface area contributed by atoms with Crippen LogP contribution in [0.4, 0.5) is 0 Å². The van der Waals surface area contributed by atoms with Gasteiger partial charge in [-0.2, -0.15) is 4.52 Å². The molecular weight excluding hydrogens is 352 g/mol. The summed E-state index contributed by atoms with van der Waals surface area (Å²) >= 11 is 0. The zero-order chi connectivity index (χ0) is 18.7. The molecule has 2 saturated heterocycles. The van der Waals surface area contributed by atoms with Gasteiger partial charge in [0.1, 0.15) is 11.9 Å². The maximum atomic E-state index is 12.6. The molecule has 2 aromatic heterocycles. The van der Waals surface area contributed by atoms with E-state index in [0.717, 1.165) is 25.9 Å². The Labute approximate surface area is 156 Å². The van der Waals surface area contributed by atoms with Crippen molar-refractivity contribution in [3.63, 3.8) is 0 Å². The van der Waals surface area contributed by atoms with Gasteiger partial charge < -0.3 is 24.4 Å². The van der Waals surface area contributed by atoms with Crippen LogP contribution in [0.15, 0.2) is 18.5 Å². The molecule has 2 fully saturated rings. The zero-order valence-corrected chi connectivity index (χ0v) is 15.2. The van der Waals surface area contributed by atoms with E-state index in [1.54, 1.807) is 17.0 Å². The number of likely N-dealkylation sites (tertiary alicyclic amines) is 1. The van der Waals surface area contributed by atoms with Gasteiger partial charge in [0.25, 0.3) is 5.91 Å². The third-order valence-corrected chi connectivity index (χ3v) is 4.91. The lowest BCUT2D eigenvalue weighted by Gasteiger charge is -2.33. The molecule has 0 aromatic carbocycles. The molecule has 0 radical (unpaired) electrons. The number of aromatic nitrogens is 4. The minimum atomic E-state index is -1.06. The van der Waals surface area contributed by atoms with Gasteiger partial charge in [-0.1, -0.05) is 0 Å². The molecule has 1 amide bonds. The minimum absolute atomic E-state index is 0.152. The summed E-state index contributed by atoms with van der Waals surface area (Å²) < 4.78 is 12.6. The summed E-state index contributed by atoms with van der Waals surface area (Å²) in [5.74, 6) is 0.111. The van der Waals surface area contributed by atoms with E-state index in [1.165, 1.54) is 10.8 Å². The van der Waals surface area contributed by atoms with Crippen LogP contribution in [0.1, 0.15) is 12.8 Å². The van der Waals surface area contributed by atoms with E-state index in [0.29, 0.717) is 31.2 Å². The Bertz CT molecular complexity index is 793. The van der Waals surface area contributed by atoms with E-state index in [4.69, 9.17) is 9.47 Å². The number of ether oxygens (including phenoxy) is 2. The lowest BCUT2D eigenvalue weighted by molar-refractivity contribution is -0.136. The quantitative estimate of drug-likeness (QED) is 0.722. The number of carbonyl (C=O) groups is 1. The van der Waals surface area contributed by atoms with E-state index in [2.05, 4.69) is 20.2 Å². The molecule has 0 saturated carbocycles. The van der Waals surface area contributed by atoms with Gasteiger partial charge in [0.05, 0.1) is 19.8 Å². The molecule has 2 aromatic rings. The molecule has 0 unspecified atom stereocenters. The van der Waals surface area contributed by atoms with Crippen molar-refractivity contribution in [2.24, 2.45) is 0 Å². The highest BCUT2D eigenvalue weighted by Gasteiger charge is 2.36. The second kappa shape index (κ2) is 7.75. The largest absolute Gasteiger partial charge is 0.467 e.